The Morgan fingerprint density at radius 3 is 2.00 bits per heavy atom. The van der Waals surface area contributed by atoms with Crippen LogP contribution >= 0.6 is 0 Å². The molecule has 0 amide bonds. The Morgan fingerprint density at radius 2 is 1.39 bits per heavy atom. The minimum atomic E-state index is -0.374. The highest BCUT2D eigenvalue weighted by Crippen LogP contribution is 2.52. The van der Waals surface area contributed by atoms with Crippen molar-refractivity contribution in [2.45, 2.75) is 199 Å². The van der Waals surface area contributed by atoms with Crippen LogP contribution in [0.15, 0.2) is 0 Å². The predicted molar refractivity (Wildman–Crippen MR) is 194 cm³/mol. The molecule has 4 saturated carbocycles. The third-order valence-corrected chi connectivity index (χ3v) is 12.4. The first-order chi connectivity index (χ1) is 24.0. The van der Waals surface area contributed by atoms with E-state index in [4.69, 9.17) is 18.9 Å². The molecule has 0 aromatic carbocycles. The van der Waals surface area contributed by atoms with Gasteiger partial charge in [0.2, 0.25) is 0 Å². The molecule has 2 heterocycles. The van der Waals surface area contributed by atoms with E-state index < -0.39 is 0 Å². The van der Waals surface area contributed by atoms with E-state index in [-0.39, 0.29) is 60.8 Å². The van der Waals surface area contributed by atoms with Gasteiger partial charge in [-0.05, 0) is 82.0 Å². The highest BCUT2D eigenvalue weighted by Gasteiger charge is 2.49. The molecule has 6 aliphatic rings. The maximum atomic E-state index is 13.3. The first-order valence-corrected chi connectivity index (χ1v) is 20.9. The topological polar surface area (TPSA) is 94.5 Å². The van der Waals surface area contributed by atoms with Crippen LogP contribution < -0.4 is 0 Å². The molecule has 49 heavy (non-hydrogen) atoms. The molecule has 4 atom stereocenters. The van der Waals surface area contributed by atoms with E-state index in [0.29, 0.717) is 39.1 Å². The molecule has 0 aromatic rings. The van der Waals surface area contributed by atoms with Gasteiger partial charge in [0.1, 0.15) is 12.7 Å². The molecular weight excluding hydrogens is 618 g/mol. The van der Waals surface area contributed by atoms with Gasteiger partial charge in [0.25, 0.3) is 0 Å². The van der Waals surface area contributed by atoms with Crippen LogP contribution in [0.2, 0.25) is 0 Å². The second-order valence-electron chi connectivity index (χ2n) is 16.1. The van der Waals surface area contributed by atoms with E-state index in [9.17, 15) is 14.7 Å². The van der Waals surface area contributed by atoms with Gasteiger partial charge in [-0.3, -0.25) is 14.5 Å². The van der Waals surface area contributed by atoms with Crippen molar-refractivity contribution >= 4 is 11.9 Å². The molecular formula is C41H73NO7. The summed E-state index contributed by atoms with van der Waals surface area (Å²) in [6.07, 6.45) is 26.1. The number of esters is 2. The van der Waals surface area contributed by atoms with Crippen LogP contribution in [0.3, 0.4) is 0 Å². The van der Waals surface area contributed by atoms with E-state index >= 15 is 0 Å². The summed E-state index contributed by atoms with van der Waals surface area (Å²) >= 11 is 0. The van der Waals surface area contributed by atoms with Gasteiger partial charge in [-0.15, -0.1) is 0 Å². The zero-order valence-electron chi connectivity index (χ0n) is 31.5. The van der Waals surface area contributed by atoms with Gasteiger partial charge in [0.15, 0.2) is 6.29 Å². The van der Waals surface area contributed by atoms with Gasteiger partial charge in [-0.25, -0.2) is 0 Å². The molecule has 8 heteroatoms. The lowest BCUT2D eigenvalue weighted by Gasteiger charge is -2.54. The third kappa shape index (κ3) is 13.7. The lowest BCUT2D eigenvalue weighted by molar-refractivity contribution is -0.179. The van der Waals surface area contributed by atoms with Crippen LogP contribution in [0.4, 0.5) is 0 Å². The Balaban J connectivity index is 1.25. The Morgan fingerprint density at radius 1 is 0.776 bits per heavy atom. The molecule has 2 saturated heterocycles. The van der Waals surface area contributed by atoms with Crippen molar-refractivity contribution in [2.24, 2.45) is 17.3 Å². The zero-order valence-corrected chi connectivity index (χ0v) is 31.5. The van der Waals surface area contributed by atoms with Crippen LogP contribution in [0.5, 0.6) is 0 Å². The van der Waals surface area contributed by atoms with Gasteiger partial charge >= 0.3 is 11.9 Å². The van der Waals surface area contributed by atoms with Gasteiger partial charge < -0.3 is 24.1 Å². The number of carbonyl (C=O) groups is 2. The largest absolute Gasteiger partial charge is 0.464 e. The van der Waals surface area contributed by atoms with E-state index in [1.807, 2.05) is 0 Å². The lowest BCUT2D eigenvalue weighted by Crippen LogP contribution is -2.62. The number of aliphatic hydroxyl groups is 1. The summed E-state index contributed by atoms with van der Waals surface area (Å²) in [5.41, 5.74) is 0.153. The Labute approximate surface area is 299 Å². The van der Waals surface area contributed by atoms with Gasteiger partial charge in [0, 0.05) is 51.2 Å². The number of rotatable bonds is 27. The summed E-state index contributed by atoms with van der Waals surface area (Å²) in [5, 5.41) is 9.61. The van der Waals surface area contributed by atoms with Crippen LogP contribution in [0, 0.1) is 17.3 Å². The minimum absolute atomic E-state index is 0.0226. The van der Waals surface area contributed by atoms with Crippen LogP contribution in [-0.4, -0.2) is 79.4 Å². The molecule has 2 aliphatic heterocycles. The fraction of sp³-hybridized carbons (Fsp3) is 0.951. The minimum Gasteiger partial charge on any atom is -0.464 e. The average Bonchev–Trinajstić information content (AvgIpc) is 3.12. The molecule has 6 rings (SSSR count). The van der Waals surface area contributed by atoms with Crippen molar-refractivity contribution in [3.8, 4) is 0 Å². The van der Waals surface area contributed by atoms with E-state index in [1.54, 1.807) is 0 Å². The summed E-state index contributed by atoms with van der Waals surface area (Å²) < 4.78 is 24.6. The monoisotopic (exact) mass is 692 g/mol. The number of aliphatic hydroxyl groups excluding tert-OH is 1. The van der Waals surface area contributed by atoms with Crippen LogP contribution in [-0.2, 0) is 28.5 Å². The van der Waals surface area contributed by atoms with Crippen LogP contribution in [0.1, 0.15) is 174 Å². The van der Waals surface area contributed by atoms with Crippen molar-refractivity contribution in [1.29, 1.82) is 0 Å². The number of hydrogen-bond acceptors (Lipinski definition) is 8. The van der Waals surface area contributed by atoms with Crippen molar-refractivity contribution in [2.75, 3.05) is 33.0 Å². The molecule has 2 unspecified atom stereocenters. The highest BCUT2D eigenvalue weighted by atomic mass is 16.7. The molecule has 284 valence electrons. The molecule has 4 aliphatic carbocycles. The first-order valence-electron chi connectivity index (χ1n) is 20.9. The second kappa shape index (κ2) is 22.7. The normalized spacial score (nSPS) is 28.0. The summed E-state index contributed by atoms with van der Waals surface area (Å²) in [6.45, 7) is 7.08. The zero-order chi connectivity index (χ0) is 34.7. The molecule has 4 bridgehead atoms. The molecule has 0 aromatic heterocycles. The Bertz CT molecular complexity index is 890. The number of piperidine rings is 2. The fourth-order valence-electron chi connectivity index (χ4n) is 9.36. The molecule has 8 nitrogen and oxygen atoms in total. The van der Waals surface area contributed by atoms with Gasteiger partial charge in [-0.2, -0.15) is 0 Å². The van der Waals surface area contributed by atoms with Crippen molar-refractivity contribution in [1.82, 2.24) is 4.90 Å². The number of unbranched alkanes of at least 4 members (excludes halogenated alkanes) is 10. The fourth-order valence-corrected chi connectivity index (χ4v) is 9.36. The van der Waals surface area contributed by atoms with Crippen molar-refractivity contribution in [3.05, 3.63) is 0 Å². The van der Waals surface area contributed by atoms with Crippen molar-refractivity contribution in [3.63, 3.8) is 0 Å². The lowest BCUT2D eigenvalue weighted by atomic mass is 9.59. The maximum Gasteiger partial charge on any atom is 0.306 e. The van der Waals surface area contributed by atoms with Gasteiger partial charge in [0.05, 0.1) is 18.9 Å². The third-order valence-electron chi connectivity index (χ3n) is 12.4. The average molecular weight is 692 g/mol. The van der Waals surface area contributed by atoms with E-state index in [2.05, 4.69) is 18.7 Å². The SMILES string of the molecule is CCCCCCCCOC(CCC(=O)O[C@@H]1CC2CCC1[C@@H](COC(=O)CC13CCC(CC1)CC3)N2CCCO)OCCCCCCCC. The summed E-state index contributed by atoms with van der Waals surface area (Å²) in [6, 6.07) is 0.300. The Kier molecular flexibility index (Phi) is 18.8. The second-order valence-corrected chi connectivity index (χ2v) is 16.1. The molecule has 6 fully saturated rings. The molecule has 0 spiro atoms. The number of nitrogens with zero attached hydrogens (tertiary/aromatic N) is 1. The number of ether oxygens (including phenoxy) is 4. The molecule has 0 radical (unpaired) electrons. The molecule has 1 N–H and O–H groups in total. The van der Waals surface area contributed by atoms with Crippen LogP contribution in [0.25, 0.3) is 0 Å². The highest BCUT2D eigenvalue weighted by molar-refractivity contribution is 5.70. The maximum absolute atomic E-state index is 13.3. The first kappa shape index (κ1) is 40.5. The predicted octanol–water partition coefficient (Wildman–Crippen LogP) is 8.90. The summed E-state index contributed by atoms with van der Waals surface area (Å²) in [7, 11) is 0. The van der Waals surface area contributed by atoms with E-state index in [1.165, 1.54) is 83.5 Å². The standard InChI is InChI=1S/C41H73NO7/c1-3-5-7-9-11-13-28-46-40(47-29-14-12-10-8-6-4-2)19-18-38(44)49-37-30-34-16-17-35(37)36(42(34)26-15-27-43)32-48-39(45)31-41-23-20-33(21-24-41)22-25-41/h33-37,40,43H,3-32H2,1-2H3/t33?,34?,35?,36-,37-,41?/m1/s1. The smallest absolute Gasteiger partial charge is 0.306 e. The summed E-state index contributed by atoms with van der Waals surface area (Å²) in [5.74, 6) is 0.757. The number of carbonyl (C=O) groups excluding carboxylic acids is 2. The number of fused-ring (bicyclic) bond motifs is 6. The van der Waals surface area contributed by atoms with Gasteiger partial charge in [-0.1, -0.05) is 78.1 Å². The number of hydrogen-bond donors (Lipinski definition) is 1. The van der Waals surface area contributed by atoms with Crippen molar-refractivity contribution < 1.29 is 33.6 Å². The Hall–Kier alpha value is -1.22. The summed E-state index contributed by atoms with van der Waals surface area (Å²) in [4.78, 5) is 28.9. The van der Waals surface area contributed by atoms with E-state index in [0.717, 1.165) is 63.8 Å². The quantitative estimate of drug-likeness (QED) is 0.0519.